The minimum atomic E-state index is -0.493. The van der Waals surface area contributed by atoms with Crippen LogP contribution in [0.15, 0.2) is 37.1 Å². The fourth-order valence-corrected chi connectivity index (χ4v) is 1.97. The summed E-state index contributed by atoms with van der Waals surface area (Å²) in [4.78, 5) is 2.22. The molecule has 4 heteroatoms. The maximum atomic E-state index is 9.89. The summed E-state index contributed by atoms with van der Waals surface area (Å²) in [5.41, 5.74) is 5.84. The lowest BCUT2D eigenvalue weighted by Gasteiger charge is -2.31. The molecule has 0 aliphatic carbocycles. The molecule has 1 saturated heterocycles. The molecule has 102 valence electrons. The summed E-state index contributed by atoms with van der Waals surface area (Å²) in [5.74, 6) is 0.629. The number of rotatable bonds is 7. The van der Waals surface area contributed by atoms with Gasteiger partial charge in [-0.25, -0.2) is 0 Å². The SMILES string of the molecule is C=C/C=C(\C=C)OCC(O)CN1CCC(N)CC1. The number of ether oxygens (including phenoxy) is 1. The molecule has 1 unspecified atom stereocenters. The van der Waals surface area contributed by atoms with Crippen molar-refractivity contribution in [3.63, 3.8) is 0 Å². The second-order valence-electron chi connectivity index (χ2n) is 4.61. The van der Waals surface area contributed by atoms with Crippen molar-refractivity contribution < 1.29 is 9.84 Å². The Morgan fingerprint density at radius 1 is 1.44 bits per heavy atom. The lowest BCUT2D eigenvalue weighted by atomic mass is 10.1. The van der Waals surface area contributed by atoms with Crippen molar-refractivity contribution in [2.45, 2.75) is 25.0 Å². The number of hydrogen-bond donors (Lipinski definition) is 2. The summed E-state index contributed by atoms with van der Waals surface area (Å²) in [7, 11) is 0. The first kappa shape index (κ1) is 15.0. The van der Waals surface area contributed by atoms with Crippen molar-refractivity contribution in [1.29, 1.82) is 0 Å². The van der Waals surface area contributed by atoms with Crippen LogP contribution in [0.25, 0.3) is 0 Å². The smallest absolute Gasteiger partial charge is 0.118 e. The molecule has 3 N–H and O–H groups in total. The minimum Gasteiger partial charge on any atom is -0.491 e. The van der Waals surface area contributed by atoms with E-state index in [4.69, 9.17) is 10.5 Å². The summed E-state index contributed by atoms with van der Waals surface area (Å²) in [5, 5.41) is 9.89. The summed E-state index contributed by atoms with van der Waals surface area (Å²) in [6.07, 6.45) is 6.47. The van der Waals surface area contributed by atoms with Crippen LogP contribution in [0.3, 0.4) is 0 Å². The average molecular weight is 252 g/mol. The van der Waals surface area contributed by atoms with Crippen LogP contribution in [0, 0.1) is 0 Å². The molecule has 0 bridgehead atoms. The van der Waals surface area contributed by atoms with Crippen LogP contribution < -0.4 is 5.73 Å². The van der Waals surface area contributed by atoms with Crippen molar-refractivity contribution in [3.05, 3.63) is 37.1 Å². The van der Waals surface area contributed by atoms with Crippen molar-refractivity contribution >= 4 is 0 Å². The second-order valence-corrected chi connectivity index (χ2v) is 4.61. The van der Waals surface area contributed by atoms with Crippen molar-refractivity contribution in [3.8, 4) is 0 Å². The molecule has 0 radical (unpaired) electrons. The fraction of sp³-hybridized carbons (Fsp3) is 0.571. The molecule has 4 nitrogen and oxygen atoms in total. The molecule has 0 aromatic carbocycles. The molecule has 0 amide bonds. The van der Waals surface area contributed by atoms with E-state index in [0.717, 1.165) is 25.9 Å². The van der Waals surface area contributed by atoms with Gasteiger partial charge in [0.15, 0.2) is 0 Å². The van der Waals surface area contributed by atoms with Crippen molar-refractivity contribution in [2.75, 3.05) is 26.2 Å². The highest BCUT2D eigenvalue weighted by Crippen LogP contribution is 2.09. The molecule has 0 aromatic rings. The Labute approximate surface area is 109 Å². The van der Waals surface area contributed by atoms with Crippen LogP contribution in [0.4, 0.5) is 0 Å². The van der Waals surface area contributed by atoms with E-state index in [1.165, 1.54) is 0 Å². The van der Waals surface area contributed by atoms with Crippen LogP contribution in [0.1, 0.15) is 12.8 Å². The molecule has 1 atom stereocenters. The number of allylic oxidation sites excluding steroid dienone is 3. The Kier molecular flexibility index (Phi) is 6.72. The Morgan fingerprint density at radius 2 is 2.11 bits per heavy atom. The molecular formula is C14H24N2O2. The highest BCUT2D eigenvalue weighted by Gasteiger charge is 2.18. The van der Waals surface area contributed by atoms with Gasteiger partial charge in [0.05, 0.1) is 0 Å². The number of piperidine rings is 1. The van der Waals surface area contributed by atoms with Crippen LogP contribution >= 0.6 is 0 Å². The number of likely N-dealkylation sites (tertiary alicyclic amines) is 1. The highest BCUT2D eigenvalue weighted by molar-refractivity contribution is 5.14. The zero-order valence-corrected chi connectivity index (χ0v) is 10.9. The number of hydrogen-bond acceptors (Lipinski definition) is 4. The van der Waals surface area contributed by atoms with Crippen LogP contribution in [0.2, 0.25) is 0 Å². The molecule has 0 aromatic heterocycles. The van der Waals surface area contributed by atoms with Gasteiger partial charge in [-0.2, -0.15) is 0 Å². The van der Waals surface area contributed by atoms with Crippen LogP contribution in [-0.2, 0) is 4.74 Å². The third kappa shape index (κ3) is 5.49. The molecule has 0 saturated carbocycles. The molecule has 1 rings (SSSR count). The molecule has 1 fully saturated rings. The number of aliphatic hydroxyl groups excluding tert-OH is 1. The molecule has 1 aliphatic rings. The lowest BCUT2D eigenvalue weighted by Crippen LogP contribution is -2.43. The van der Waals surface area contributed by atoms with E-state index in [-0.39, 0.29) is 6.61 Å². The summed E-state index contributed by atoms with van der Waals surface area (Å²) < 4.78 is 5.43. The largest absolute Gasteiger partial charge is 0.491 e. The number of nitrogens with two attached hydrogens (primary N) is 1. The minimum absolute atomic E-state index is 0.272. The number of nitrogens with zero attached hydrogens (tertiary/aromatic N) is 1. The van der Waals surface area contributed by atoms with Crippen LogP contribution in [-0.4, -0.2) is 48.4 Å². The lowest BCUT2D eigenvalue weighted by molar-refractivity contribution is 0.0397. The first-order chi connectivity index (χ1) is 8.65. The topological polar surface area (TPSA) is 58.7 Å². The first-order valence-corrected chi connectivity index (χ1v) is 6.39. The monoisotopic (exact) mass is 252 g/mol. The third-order valence-electron chi connectivity index (χ3n) is 3.03. The van der Waals surface area contributed by atoms with E-state index in [1.54, 1.807) is 18.2 Å². The molecular weight excluding hydrogens is 228 g/mol. The second kappa shape index (κ2) is 8.08. The molecule has 0 spiro atoms. The van der Waals surface area contributed by atoms with E-state index in [2.05, 4.69) is 18.1 Å². The third-order valence-corrected chi connectivity index (χ3v) is 3.03. The fourth-order valence-electron chi connectivity index (χ4n) is 1.97. The maximum Gasteiger partial charge on any atom is 0.118 e. The summed E-state index contributed by atoms with van der Waals surface area (Å²) >= 11 is 0. The van der Waals surface area contributed by atoms with Gasteiger partial charge in [0.1, 0.15) is 18.5 Å². The summed E-state index contributed by atoms with van der Waals surface area (Å²) in [6.45, 7) is 10.0. The zero-order valence-electron chi connectivity index (χ0n) is 10.9. The van der Waals surface area contributed by atoms with Gasteiger partial charge >= 0.3 is 0 Å². The summed E-state index contributed by atoms with van der Waals surface area (Å²) in [6, 6.07) is 0.317. The van der Waals surface area contributed by atoms with Crippen LogP contribution in [0.5, 0.6) is 0 Å². The quantitative estimate of drug-likeness (QED) is 0.525. The van der Waals surface area contributed by atoms with E-state index >= 15 is 0 Å². The zero-order chi connectivity index (χ0) is 13.4. The van der Waals surface area contributed by atoms with E-state index < -0.39 is 6.10 Å². The van der Waals surface area contributed by atoms with Crippen molar-refractivity contribution in [2.24, 2.45) is 5.73 Å². The van der Waals surface area contributed by atoms with Gasteiger partial charge in [-0.1, -0.05) is 19.2 Å². The molecule has 1 aliphatic heterocycles. The van der Waals surface area contributed by atoms with E-state index in [9.17, 15) is 5.11 Å². The van der Waals surface area contributed by atoms with Gasteiger partial charge in [0.2, 0.25) is 0 Å². The Balaban J connectivity index is 2.24. The number of β-amino-alcohol motifs (C(OH)–C–C–N with tert-alkyl or cyclic N) is 1. The standard InChI is InChI=1S/C14H24N2O2/c1-3-5-14(4-2)18-11-13(17)10-16-8-6-12(15)7-9-16/h3-5,12-13,17H,1-2,6-11,15H2/b14-5+. The van der Waals surface area contributed by atoms with Gasteiger partial charge in [-0.3, -0.25) is 0 Å². The van der Waals surface area contributed by atoms with E-state index in [0.29, 0.717) is 18.3 Å². The Hall–Kier alpha value is -1.10. The van der Waals surface area contributed by atoms with Gasteiger partial charge in [-0.15, -0.1) is 0 Å². The predicted molar refractivity (Wildman–Crippen MR) is 74.1 cm³/mol. The predicted octanol–water partition coefficient (Wildman–Crippen LogP) is 1.04. The van der Waals surface area contributed by atoms with Gasteiger partial charge in [0, 0.05) is 12.6 Å². The average Bonchev–Trinajstić information content (AvgIpc) is 2.37. The first-order valence-electron chi connectivity index (χ1n) is 6.39. The Bertz CT molecular complexity index is 294. The van der Waals surface area contributed by atoms with Gasteiger partial charge in [0.25, 0.3) is 0 Å². The number of aliphatic hydroxyl groups is 1. The molecule has 18 heavy (non-hydrogen) atoms. The maximum absolute atomic E-state index is 9.89. The molecule has 1 heterocycles. The van der Waals surface area contributed by atoms with Gasteiger partial charge < -0.3 is 20.5 Å². The highest BCUT2D eigenvalue weighted by atomic mass is 16.5. The van der Waals surface area contributed by atoms with E-state index in [1.807, 2.05) is 0 Å². The Morgan fingerprint density at radius 3 is 2.67 bits per heavy atom. The van der Waals surface area contributed by atoms with Crippen molar-refractivity contribution in [1.82, 2.24) is 4.90 Å². The van der Waals surface area contributed by atoms with Gasteiger partial charge in [-0.05, 0) is 38.1 Å². The normalized spacial score (nSPS) is 20.4.